The van der Waals surface area contributed by atoms with E-state index in [0.29, 0.717) is 6.61 Å². The van der Waals surface area contributed by atoms with E-state index in [-0.39, 0.29) is 5.41 Å². The van der Waals surface area contributed by atoms with E-state index in [1.54, 1.807) is 7.11 Å². The molecule has 1 heterocycles. The fourth-order valence-corrected chi connectivity index (χ4v) is 1.93. The van der Waals surface area contributed by atoms with Crippen LogP contribution in [0.5, 0.6) is 0 Å². The van der Waals surface area contributed by atoms with E-state index in [9.17, 15) is 0 Å². The lowest BCUT2D eigenvalue weighted by Gasteiger charge is -2.18. The van der Waals surface area contributed by atoms with Crippen LogP contribution >= 0.6 is 15.9 Å². The van der Waals surface area contributed by atoms with Crippen LogP contribution in [0.3, 0.4) is 0 Å². The molecule has 0 spiro atoms. The van der Waals surface area contributed by atoms with Crippen LogP contribution in [0.15, 0.2) is 0 Å². The van der Waals surface area contributed by atoms with Crippen LogP contribution in [0.1, 0.15) is 32.4 Å². The number of rotatable bonds is 5. The Kier molecular flexibility index (Phi) is 4.92. The minimum atomic E-state index is 0.224. The van der Waals surface area contributed by atoms with Crippen molar-refractivity contribution in [3.05, 3.63) is 11.6 Å². The number of methoxy groups -OCH3 is 1. The molecule has 1 rings (SSSR count). The summed E-state index contributed by atoms with van der Waals surface area (Å²) in [6.45, 7) is 8.12. The Hall–Kier alpha value is -0.420. The molecule has 5 heteroatoms. The van der Waals surface area contributed by atoms with E-state index in [1.165, 1.54) is 0 Å². The van der Waals surface area contributed by atoms with Gasteiger partial charge in [-0.2, -0.15) is 0 Å². The molecule has 0 aliphatic heterocycles. The molecule has 92 valence electrons. The molecule has 1 aromatic rings. The lowest BCUT2D eigenvalue weighted by molar-refractivity contribution is 0.184. The third-order valence-electron chi connectivity index (χ3n) is 2.23. The second kappa shape index (κ2) is 5.77. The molecular formula is C11H20BrN3O. The second-order valence-electron chi connectivity index (χ2n) is 5.05. The molecule has 0 aliphatic rings. The number of halogens is 1. The quantitative estimate of drug-likeness (QED) is 0.782. The first-order valence-corrected chi connectivity index (χ1v) is 6.56. The molecule has 0 aliphatic carbocycles. The molecule has 0 unspecified atom stereocenters. The van der Waals surface area contributed by atoms with Crippen molar-refractivity contribution < 1.29 is 4.74 Å². The number of nitrogens with zero attached hydrogens (tertiary/aromatic N) is 3. The molecule has 0 N–H and O–H groups in total. The SMILES string of the molecule is COCCn1c(CBr)nnc1CC(C)(C)C. The average Bonchev–Trinajstić information content (AvgIpc) is 2.55. The van der Waals surface area contributed by atoms with E-state index in [2.05, 4.69) is 51.5 Å². The van der Waals surface area contributed by atoms with E-state index >= 15 is 0 Å². The normalized spacial score (nSPS) is 12.1. The Morgan fingerprint density at radius 2 is 1.88 bits per heavy atom. The average molecular weight is 290 g/mol. The van der Waals surface area contributed by atoms with E-state index in [0.717, 1.165) is 29.9 Å². The molecule has 1 aromatic heterocycles. The first-order valence-electron chi connectivity index (χ1n) is 5.44. The number of hydrogen-bond donors (Lipinski definition) is 0. The van der Waals surface area contributed by atoms with Gasteiger partial charge in [0, 0.05) is 20.1 Å². The molecule has 0 aromatic carbocycles. The third kappa shape index (κ3) is 3.87. The smallest absolute Gasteiger partial charge is 0.143 e. The predicted octanol–water partition coefficient (Wildman–Crippen LogP) is 2.41. The van der Waals surface area contributed by atoms with Crippen molar-refractivity contribution in [2.24, 2.45) is 5.41 Å². The van der Waals surface area contributed by atoms with Crippen LogP contribution in [0.4, 0.5) is 0 Å². The van der Waals surface area contributed by atoms with Gasteiger partial charge in [0.05, 0.1) is 11.9 Å². The molecule has 0 saturated carbocycles. The second-order valence-corrected chi connectivity index (χ2v) is 5.61. The number of alkyl halides is 1. The molecule has 0 fully saturated rings. The topological polar surface area (TPSA) is 39.9 Å². The van der Waals surface area contributed by atoms with Crippen molar-refractivity contribution in [2.75, 3.05) is 13.7 Å². The van der Waals surface area contributed by atoms with Crippen molar-refractivity contribution in [1.82, 2.24) is 14.8 Å². The van der Waals surface area contributed by atoms with Gasteiger partial charge < -0.3 is 9.30 Å². The maximum atomic E-state index is 5.11. The summed E-state index contributed by atoms with van der Waals surface area (Å²) in [5, 5.41) is 9.16. The first-order chi connectivity index (χ1) is 7.48. The summed E-state index contributed by atoms with van der Waals surface area (Å²) in [6.07, 6.45) is 0.927. The number of ether oxygens (including phenoxy) is 1. The Morgan fingerprint density at radius 3 is 2.38 bits per heavy atom. The highest BCUT2D eigenvalue weighted by atomic mass is 79.9. The standard InChI is InChI=1S/C11H20BrN3O/c1-11(2,3)7-9-13-14-10(8-12)15(9)5-6-16-4/h5-8H2,1-4H3. The lowest BCUT2D eigenvalue weighted by Crippen LogP contribution is -2.17. The third-order valence-corrected chi connectivity index (χ3v) is 2.73. The Bertz CT molecular complexity index is 330. The van der Waals surface area contributed by atoms with E-state index < -0.39 is 0 Å². The van der Waals surface area contributed by atoms with Crippen LogP contribution in [0.25, 0.3) is 0 Å². The first kappa shape index (κ1) is 13.6. The Balaban J connectivity index is 2.86. The zero-order valence-electron chi connectivity index (χ0n) is 10.5. The maximum Gasteiger partial charge on any atom is 0.143 e. The zero-order chi connectivity index (χ0) is 12.2. The number of aromatic nitrogens is 3. The monoisotopic (exact) mass is 289 g/mol. The molecule has 0 atom stereocenters. The van der Waals surface area contributed by atoms with Gasteiger partial charge in [0.15, 0.2) is 0 Å². The van der Waals surface area contributed by atoms with Gasteiger partial charge in [-0.1, -0.05) is 36.7 Å². The van der Waals surface area contributed by atoms with Crippen molar-refractivity contribution in [2.45, 2.75) is 39.1 Å². The molecule has 0 amide bonds. The summed E-state index contributed by atoms with van der Waals surface area (Å²) in [5.74, 6) is 2.01. The fourth-order valence-electron chi connectivity index (χ4n) is 1.52. The molecule has 4 nitrogen and oxygen atoms in total. The summed E-state index contributed by atoms with van der Waals surface area (Å²) < 4.78 is 7.25. The van der Waals surface area contributed by atoms with E-state index in [1.807, 2.05) is 0 Å². The van der Waals surface area contributed by atoms with Crippen LogP contribution in [-0.2, 0) is 23.0 Å². The van der Waals surface area contributed by atoms with E-state index in [4.69, 9.17) is 4.74 Å². The molecule has 0 saturated heterocycles. The minimum Gasteiger partial charge on any atom is -0.383 e. The Labute approximate surface area is 106 Å². The van der Waals surface area contributed by atoms with Crippen LogP contribution in [-0.4, -0.2) is 28.5 Å². The van der Waals surface area contributed by atoms with Gasteiger partial charge in [0.25, 0.3) is 0 Å². The van der Waals surface area contributed by atoms with Crippen LogP contribution in [0, 0.1) is 5.41 Å². The summed E-state index contributed by atoms with van der Waals surface area (Å²) >= 11 is 3.43. The van der Waals surface area contributed by atoms with Gasteiger partial charge in [-0.25, -0.2) is 0 Å². The van der Waals surface area contributed by atoms with Crippen LogP contribution in [0.2, 0.25) is 0 Å². The summed E-state index contributed by atoms with van der Waals surface area (Å²) in [6, 6.07) is 0. The van der Waals surface area contributed by atoms with Gasteiger partial charge in [-0.15, -0.1) is 10.2 Å². The maximum absolute atomic E-state index is 5.11. The van der Waals surface area contributed by atoms with Crippen molar-refractivity contribution in [3.63, 3.8) is 0 Å². The summed E-state index contributed by atoms with van der Waals surface area (Å²) in [5.41, 5.74) is 0.224. The van der Waals surface area contributed by atoms with Crippen molar-refractivity contribution in [1.29, 1.82) is 0 Å². The number of hydrogen-bond acceptors (Lipinski definition) is 3. The summed E-state index contributed by atoms with van der Waals surface area (Å²) in [7, 11) is 1.71. The Morgan fingerprint density at radius 1 is 1.25 bits per heavy atom. The van der Waals surface area contributed by atoms with Crippen molar-refractivity contribution in [3.8, 4) is 0 Å². The zero-order valence-corrected chi connectivity index (χ0v) is 12.0. The van der Waals surface area contributed by atoms with Gasteiger partial charge >= 0.3 is 0 Å². The largest absolute Gasteiger partial charge is 0.383 e. The summed E-state index contributed by atoms with van der Waals surface area (Å²) in [4.78, 5) is 0. The fraction of sp³-hybridized carbons (Fsp3) is 0.818. The lowest BCUT2D eigenvalue weighted by atomic mass is 9.92. The molecular weight excluding hydrogens is 270 g/mol. The molecule has 0 bridgehead atoms. The van der Waals surface area contributed by atoms with Crippen LogP contribution < -0.4 is 0 Å². The highest BCUT2D eigenvalue weighted by Crippen LogP contribution is 2.20. The van der Waals surface area contributed by atoms with Gasteiger partial charge in [0.2, 0.25) is 0 Å². The minimum absolute atomic E-state index is 0.224. The predicted molar refractivity (Wildman–Crippen MR) is 67.7 cm³/mol. The molecule has 16 heavy (non-hydrogen) atoms. The van der Waals surface area contributed by atoms with Gasteiger partial charge in [-0.3, -0.25) is 0 Å². The van der Waals surface area contributed by atoms with Gasteiger partial charge in [-0.05, 0) is 5.41 Å². The highest BCUT2D eigenvalue weighted by Gasteiger charge is 2.18. The highest BCUT2D eigenvalue weighted by molar-refractivity contribution is 9.08. The molecule has 0 radical (unpaired) electrons. The van der Waals surface area contributed by atoms with Gasteiger partial charge in [0.1, 0.15) is 11.6 Å². The van der Waals surface area contributed by atoms with Crippen molar-refractivity contribution >= 4 is 15.9 Å².